The van der Waals surface area contributed by atoms with E-state index in [-0.39, 0.29) is 5.97 Å². The van der Waals surface area contributed by atoms with Gasteiger partial charge < -0.3 is 9.47 Å². The van der Waals surface area contributed by atoms with Crippen molar-refractivity contribution in [2.75, 3.05) is 13.2 Å². The molecule has 1 fully saturated rings. The molecule has 0 aliphatic carbocycles. The summed E-state index contributed by atoms with van der Waals surface area (Å²) in [5.41, 5.74) is 0.179. The summed E-state index contributed by atoms with van der Waals surface area (Å²) in [5, 5.41) is 0. The summed E-state index contributed by atoms with van der Waals surface area (Å²) < 4.78 is 11.5. The Bertz CT molecular complexity index is 477. The third-order valence-electron chi connectivity index (χ3n) is 5.16. The lowest BCUT2D eigenvalue weighted by Crippen LogP contribution is -2.36. The Morgan fingerprint density at radius 1 is 1.22 bits per heavy atom. The first-order valence-corrected chi connectivity index (χ1v) is 8.92. The molecule has 0 spiro atoms. The monoisotopic (exact) mass is 318 g/mol. The molecule has 0 N–H and O–H groups in total. The largest absolute Gasteiger partial charge is 0.453 e. The molecule has 1 aliphatic rings. The Morgan fingerprint density at radius 3 is 2.52 bits per heavy atom. The summed E-state index contributed by atoms with van der Waals surface area (Å²) in [6.07, 6.45) is 5.26. The molecule has 1 aromatic carbocycles. The van der Waals surface area contributed by atoms with Crippen LogP contribution in [0.25, 0.3) is 0 Å². The number of rotatable bonds is 8. The molecule has 0 bridgehead atoms. The Kier molecular flexibility index (Phi) is 6.64. The summed E-state index contributed by atoms with van der Waals surface area (Å²) in [4.78, 5) is 12.4. The normalized spacial score (nSPS) is 23.4. The van der Waals surface area contributed by atoms with Gasteiger partial charge in [-0.25, -0.2) is 4.79 Å². The van der Waals surface area contributed by atoms with Crippen LogP contribution in [0.4, 0.5) is 0 Å². The van der Waals surface area contributed by atoms with E-state index in [4.69, 9.17) is 9.47 Å². The van der Waals surface area contributed by atoms with Gasteiger partial charge in [0.25, 0.3) is 0 Å². The van der Waals surface area contributed by atoms with Gasteiger partial charge in [0, 0.05) is 6.42 Å². The summed E-state index contributed by atoms with van der Waals surface area (Å²) >= 11 is 0. The van der Waals surface area contributed by atoms with Gasteiger partial charge in [-0.05, 0) is 36.8 Å². The minimum Gasteiger partial charge on any atom is -0.453 e. The first-order valence-electron chi connectivity index (χ1n) is 8.92. The molecule has 2 rings (SSSR count). The smallest absolute Gasteiger partial charge is 0.338 e. The van der Waals surface area contributed by atoms with Crippen molar-refractivity contribution < 1.29 is 14.3 Å². The van der Waals surface area contributed by atoms with Crippen LogP contribution >= 0.6 is 0 Å². The molecular formula is C20H30O3. The fourth-order valence-corrected chi connectivity index (χ4v) is 3.26. The van der Waals surface area contributed by atoms with Crippen LogP contribution in [-0.2, 0) is 9.47 Å². The standard InChI is InChI=1S/C20H30O3/c1-4-8-16(2)17(3)11-12-20(13-14-22-15-20)23-19(21)18-9-6-5-7-10-18/h5-7,9-10,16-17H,4,8,11-15H2,1-3H3/t16-,17-,20-/m1/s1. The SMILES string of the molecule is CCC[C@@H](C)[C@H](C)CC[C@@]1(OC(=O)c2ccccc2)CCOC1. The predicted molar refractivity (Wildman–Crippen MR) is 92.5 cm³/mol. The number of ether oxygens (including phenoxy) is 2. The molecule has 3 atom stereocenters. The highest BCUT2D eigenvalue weighted by atomic mass is 16.6. The molecule has 1 aromatic rings. The van der Waals surface area contributed by atoms with Gasteiger partial charge in [0.15, 0.2) is 0 Å². The van der Waals surface area contributed by atoms with Crippen LogP contribution in [0.5, 0.6) is 0 Å². The second kappa shape index (κ2) is 8.49. The van der Waals surface area contributed by atoms with Crippen LogP contribution in [0.3, 0.4) is 0 Å². The zero-order chi connectivity index (χ0) is 16.7. The van der Waals surface area contributed by atoms with Crippen LogP contribution < -0.4 is 0 Å². The van der Waals surface area contributed by atoms with Crippen LogP contribution in [-0.4, -0.2) is 24.8 Å². The van der Waals surface area contributed by atoms with E-state index in [1.165, 1.54) is 12.8 Å². The lowest BCUT2D eigenvalue weighted by Gasteiger charge is -2.30. The van der Waals surface area contributed by atoms with Crippen molar-refractivity contribution in [3.05, 3.63) is 35.9 Å². The predicted octanol–water partition coefficient (Wildman–Crippen LogP) is 4.86. The van der Waals surface area contributed by atoms with Crippen LogP contribution in [0, 0.1) is 11.8 Å². The quantitative estimate of drug-likeness (QED) is 0.642. The van der Waals surface area contributed by atoms with E-state index in [0.717, 1.165) is 19.3 Å². The Labute approximate surface area is 140 Å². The third-order valence-corrected chi connectivity index (χ3v) is 5.16. The van der Waals surface area contributed by atoms with Crippen molar-refractivity contribution >= 4 is 5.97 Å². The Morgan fingerprint density at radius 2 is 1.91 bits per heavy atom. The van der Waals surface area contributed by atoms with E-state index in [1.807, 2.05) is 18.2 Å². The van der Waals surface area contributed by atoms with Crippen molar-refractivity contribution in [1.29, 1.82) is 0 Å². The highest BCUT2D eigenvalue weighted by Crippen LogP contribution is 2.33. The topological polar surface area (TPSA) is 35.5 Å². The van der Waals surface area contributed by atoms with Gasteiger partial charge >= 0.3 is 5.97 Å². The van der Waals surface area contributed by atoms with Gasteiger partial charge in [-0.1, -0.05) is 51.8 Å². The number of hydrogen-bond donors (Lipinski definition) is 0. The average Bonchev–Trinajstić information content (AvgIpc) is 3.02. The number of esters is 1. The fourth-order valence-electron chi connectivity index (χ4n) is 3.26. The number of carbonyl (C=O) groups is 1. The molecule has 1 aliphatic heterocycles. The third kappa shape index (κ3) is 5.07. The van der Waals surface area contributed by atoms with E-state index < -0.39 is 5.60 Å². The van der Waals surface area contributed by atoms with Gasteiger partial charge in [0.05, 0.1) is 18.8 Å². The van der Waals surface area contributed by atoms with Gasteiger partial charge in [-0.3, -0.25) is 0 Å². The highest BCUT2D eigenvalue weighted by molar-refractivity contribution is 5.89. The second-order valence-electron chi connectivity index (χ2n) is 7.02. The molecule has 0 radical (unpaired) electrons. The van der Waals surface area contributed by atoms with Crippen LogP contribution in [0.15, 0.2) is 30.3 Å². The molecule has 3 nitrogen and oxygen atoms in total. The minimum atomic E-state index is -0.437. The van der Waals surface area contributed by atoms with Crippen molar-refractivity contribution in [3.8, 4) is 0 Å². The molecule has 0 amide bonds. The average molecular weight is 318 g/mol. The fraction of sp³-hybridized carbons (Fsp3) is 0.650. The summed E-state index contributed by atoms with van der Waals surface area (Å²) in [7, 11) is 0. The maximum absolute atomic E-state index is 12.4. The number of carbonyl (C=O) groups excluding carboxylic acids is 1. The molecule has 0 saturated carbocycles. The van der Waals surface area contributed by atoms with E-state index in [0.29, 0.717) is 30.6 Å². The lowest BCUT2D eigenvalue weighted by molar-refractivity contribution is -0.0302. The molecule has 0 aromatic heterocycles. The zero-order valence-electron chi connectivity index (χ0n) is 14.7. The lowest BCUT2D eigenvalue weighted by atomic mass is 9.84. The zero-order valence-corrected chi connectivity index (χ0v) is 14.7. The maximum Gasteiger partial charge on any atom is 0.338 e. The van der Waals surface area contributed by atoms with E-state index >= 15 is 0 Å². The van der Waals surface area contributed by atoms with Crippen molar-refractivity contribution in [2.24, 2.45) is 11.8 Å². The summed E-state index contributed by atoms with van der Waals surface area (Å²) in [6, 6.07) is 9.24. The summed E-state index contributed by atoms with van der Waals surface area (Å²) in [6.45, 7) is 8.07. The molecule has 3 heteroatoms. The number of hydrogen-bond acceptors (Lipinski definition) is 3. The van der Waals surface area contributed by atoms with Crippen LogP contribution in [0.2, 0.25) is 0 Å². The van der Waals surface area contributed by atoms with Crippen molar-refractivity contribution in [1.82, 2.24) is 0 Å². The number of benzene rings is 1. The molecular weight excluding hydrogens is 288 g/mol. The molecule has 1 heterocycles. The second-order valence-corrected chi connectivity index (χ2v) is 7.02. The molecule has 23 heavy (non-hydrogen) atoms. The van der Waals surface area contributed by atoms with Gasteiger partial charge in [0.2, 0.25) is 0 Å². The molecule has 0 unspecified atom stereocenters. The first kappa shape index (κ1) is 18.0. The van der Waals surface area contributed by atoms with Crippen LogP contribution in [0.1, 0.15) is 63.2 Å². The molecule has 128 valence electrons. The van der Waals surface area contributed by atoms with Crippen molar-refractivity contribution in [2.45, 2.75) is 58.5 Å². The Hall–Kier alpha value is -1.35. The van der Waals surface area contributed by atoms with Crippen molar-refractivity contribution in [3.63, 3.8) is 0 Å². The maximum atomic E-state index is 12.4. The van der Waals surface area contributed by atoms with Gasteiger partial charge in [0.1, 0.15) is 5.60 Å². The van der Waals surface area contributed by atoms with Gasteiger partial charge in [-0.2, -0.15) is 0 Å². The molecule has 1 saturated heterocycles. The van der Waals surface area contributed by atoms with E-state index in [2.05, 4.69) is 20.8 Å². The van der Waals surface area contributed by atoms with E-state index in [1.54, 1.807) is 12.1 Å². The van der Waals surface area contributed by atoms with E-state index in [9.17, 15) is 4.79 Å². The first-order chi connectivity index (χ1) is 11.1. The van der Waals surface area contributed by atoms with Gasteiger partial charge in [-0.15, -0.1) is 0 Å². The summed E-state index contributed by atoms with van der Waals surface area (Å²) in [5.74, 6) is 1.12. The highest BCUT2D eigenvalue weighted by Gasteiger charge is 2.39. The Balaban J connectivity index is 1.95. The minimum absolute atomic E-state index is 0.231.